The molecule has 0 heterocycles. The molecule has 0 saturated heterocycles. The van der Waals surface area contributed by atoms with E-state index >= 15 is 0 Å². The molecule has 0 aliphatic carbocycles. The molecule has 0 radical (unpaired) electrons. The number of hydrogen-bond donors (Lipinski definition) is 1. The minimum absolute atomic E-state index is 0.595. The fraction of sp³-hybridized carbons (Fsp3) is 0.500. The fourth-order valence-electron chi connectivity index (χ4n) is 1.25. The van der Waals surface area contributed by atoms with Crippen LogP contribution in [-0.2, 0) is 4.74 Å². The number of rotatable bonds is 7. The van der Waals surface area contributed by atoms with Crippen LogP contribution in [0.5, 0.6) is 11.5 Å². The highest BCUT2D eigenvalue weighted by atomic mass is 16.5. The Kier molecular flexibility index (Phi) is 5.50. The molecular formula is C12H19NO3. The Bertz CT molecular complexity index is 315. The molecule has 0 atom stereocenters. The van der Waals surface area contributed by atoms with Crippen LogP contribution in [-0.4, -0.2) is 26.9 Å². The van der Waals surface area contributed by atoms with Gasteiger partial charge < -0.3 is 19.9 Å². The average Bonchev–Trinajstić information content (AvgIpc) is 2.31. The quantitative estimate of drug-likeness (QED) is 0.570. The van der Waals surface area contributed by atoms with Gasteiger partial charge in [-0.15, -0.1) is 0 Å². The van der Waals surface area contributed by atoms with Crippen molar-refractivity contribution >= 4 is 5.69 Å². The molecule has 0 aliphatic rings. The lowest BCUT2D eigenvalue weighted by Crippen LogP contribution is -2.04. The topological polar surface area (TPSA) is 53.7 Å². The molecule has 4 heteroatoms. The van der Waals surface area contributed by atoms with E-state index in [0.717, 1.165) is 18.8 Å². The molecule has 0 spiro atoms. The van der Waals surface area contributed by atoms with Gasteiger partial charge in [0.05, 0.1) is 19.4 Å². The van der Waals surface area contributed by atoms with Gasteiger partial charge in [0.2, 0.25) is 0 Å². The van der Waals surface area contributed by atoms with Crippen LogP contribution in [0.1, 0.15) is 13.3 Å². The normalized spacial score (nSPS) is 10.1. The number of methoxy groups -OCH3 is 1. The Labute approximate surface area is 96.3 Å². The van der Waals surface area contributed by atoms with Gasteiger partial charge in [-0.3, -0.25) is 0 Å². The standard InChI is InChI=1S/C12H19NO3/c1-3-15-7-4-8-16-12-9-10(14-2)5-6-11(12)13/h5-6,9H,3-4,7-8,13H2,1-2H3. The smallest absolute Gasteiger partial charge is 0.145 e. The third kappa shape index (κ3) is 3.98. The van der Waals surface area contributed by atoms with Crippen LogP contribution in [0, 0.1) is 0 Å². The molecule has 0 saturated carbocycles. The van der Waals surface area contributed by atoms with E-state index < -0.39 is 0 Å². The van der Waals surface area contributed by atoms with Gasteiger partial charge in [-0.2, -0.15) is 0 Å². The predicted molar refractivity (Wildman–Crippen MR) is 64.0 cm³/mol. The first-order valence-corrected chi connectivity index (χ1v) is 5.42. The molecule has 1 aromatic carbocycles. The summed E-state index contributed by atoms with van der Waals surface area (Å²) in [6.07, 6.45) is 0.852. The highest BCUT2D eigenvalue weighted by molar-refractivity contribution is 5.55. The molecule has 0 fully saturated rings. The first-order chi connectivity index (χ1) is 7.77. The molecule has 90 valence electrons. The molecule has 4 nitrogen and oxygen atoms in total. The second-order valence-electron chi connectivity index (χ2n) is 3.30. The monoisotopic (exact) mass is 225 g/mol. The van der Waals surface area contributed by atoms with Crippen LogP contribution in [0.25, 0.3) is 0 Å². The second kappa shape index (κ2) is 6.95. The van der Waals surface area contributed by atoms with Crippen LogP contribution in [0.2, 0.25) is 0 Å². The number of benzene rings is 1. The summed E-state index contributed by atoms with van der Waals surface area (Å²) in [4.78, 5) is 0. The average molecular weight is 225 g/mol. The van der Waals surface area contributed by atoms with Gasteiger partial charge in [-0.05, 0) is 19.1 Å². The number of ether oxygens (including phenoxy) is 3. The first kappa shape index (κ1) is 12.6. The molecule has 0 aliphatic heterocycles. The van der Waals surface area contributed by atoms with E-state index in [1.54, 1.807) is 19.2 Å². The van der Waals surface area contributed by atoms with E-state index in [-0.39, 0.29) is 0 Å². The highest BCUT2D eigenvalue weighted by Crippen LogP contribution is 2.26. The summed E-state index contributed by atoms with van der Waals surface area (Å²) in [5, 5.41) is 0. The first-order valence-electron chi connectivity index (χ1n) is 5.42. The molecule has 0 unspecified atom stereocenters. The number of anilines is 1. The van der Waals surface area contributed by atoms with Crippen molar-refractivity contribution in [2.45, 2.75) is 13.3 Å². The summed E-state index contributed by atoms with van der Waals surface area (Å²) < 4.78 is 15.8. The lowest BCUT2D eigenvalue weighted by atomic mass is 10.3. The van der Waals surface area contributed by atoms with Crippen LogP contribution in [0.4, 0.5) is 5.69 Å². The minimum atomic E-state index is 0.595. The molecule has 0 amide bonds. The van der Waals surface area contributed by atoms with Gasteiger partial charge >= 0.3 is 0 Å². The van der Waals surface area contributed by atoms with E-state index in [2.05, 4.69) is 0 Å². The maximum absolute atomic E-state index is 5.77. The molecule has 1 rings (SSSR count). The number of nitrogens with two attached hydrogens (primary N) is 1. The molecule has 16 heavy (non-hydrogen) atoms. The third-order valence-corrected chi connectivity index (χ3v) is 2.12. The maximum atomic E-state index is 5.77. The predicted octanol–water partition coefficient (Wildman–Crippen LogP) is 2.08. The number of nitrogen functional groups attached to an aromatic ring is 1. The Hall–Kier alpha value is -1.42. The fourth-order valence-corrected chi connectivity index (χ4v) is 1.25. The molecule has 0 aromatic heterocycles. The summed E-state index contributed by atoms with van der Waals surface area (Å²) in [5.74, 6) is 1.41. The molecular weight excluding hydrogens is 206 g/mol. The van der Waals surface area contributed by atoms with Gasteiger partial charge in [-0.25, -0.2) is 0 Å². The Morgan fingerprint density at radius 3 is 2.75 bits per heavy atom. The van der Waals surface area contributed by atoms with Crippen molar-refractivity contribution in [3.63, 3.8) is 0 Å². The van der Waals surface area contributed by atoms with Crippen molar-refractivity contribution < 1.29 is 14.2 Å². The molecule has 1 aromatic rings. The van der Waals surface area contributed by atoms with E-state index in [4.69, 9.17) is 19.9 Å². The van der Waals surface area contributed by atoms with Crippen molar-refractivity contribution in [2.24, 2.45) is 0 Å². The zero-order valence-corrected chi connectivity index (χ0v) is 9.86. The van der Waals surface area contributed by atoms with Gasteiger partial charge in [0.15, 0.2) is 0 Å². The SMILES string of the molecule is CCOCCCOc1cc(OC)ccc1N. The summed E-state index contributed by atoms with van der Waals surface area (Å²) in [6, 6.07) is 5.37. The van der Waals surface area contributed by atoms with Crippen molar-refractivity contribution in [3.8, 4) is 11.5 Å². The number of hydrogen-bond acceptors (Lipinski definition) is 4. The van der Waals surface area contributed by atoms with Crippen LogP contribution in [0.3, 0.4) is 0 Å². The van der Waals surface area contributed by atoms with Crippen LogP contribution in [0.15, 0.2) is 18.2 Å². The van der Waals surface area contributed by atoms with Gasteiger partial charge in [0, 0.05) is 25.7 Å². The van der Waals surface area contributed by atoms with E-state index in [0.29, 0.717) is 24.7 Å². The van der Waals surface area contributed by atoms with Crippen molar-refractivity contribution in [3.05, 3.63) is 18.2 Å². The van der Waals surface area contributed by atoms with Crippen LogP contribution >= 0.6 is 0 Å². The summed E-state index contributed by atoms with van der Waals surface area (Å²) in [7, 11) is 1.62. The molecule has 0 bridgehead atoms. The summed E-state index contributed by atoms with van der Waals surface area (Å²) in [5.41, 5.74) is 6.40. The van der Waals surface area contributed by atoms with Crippen molar-refractivity contribution in [1.29, 1.82) is 0 Å². The zero-order chi connectivity index (χ0) is 11.8. The van der Waals surface area contributed by atoms with E-state index in [1.165, 1.54) is 0 Å². The largest absolute Gasteiger partial charge is 0.497 e. The second-order valence-corrected chi connectivity index (χ2v) is 3.30. The third-order valence-electron chi connectivity index (χ3n) is 2.12. The van der Waals surface area contributed by atoms with E-state index in [1.807, 2.05) is 13.0 Å². The summed E-state index contributed by atoms with van der Waals surface area (Å²) in [6.45, 7) is 4.01. The van der Waals surface area contributed by atoms with Gasteiger partial charge in [0.25, 0.3) is 0 Å². The highest BCUT2D eigenvalue weighted by Gasteiger charge is 2.02. The van der Waals surface area contributed by atoms with Gasteiger partial charge in [-0.1, -0.05) is 0 Å². The Balaban J connectivity index is 2.40. The zero-order valence-electron chi connectivity index (χ0n) is 9.86. The molecule has 2 N–H and O–H groups in total. The maximum Gasteiger partial charge on any atom is 0.145 e. The van der Waals surface area contributed by atoms with Crippen LogP contribution < -0.4 is 15.2 Å². The Morgan fingerprint density at radius 2 is 2.06 bits per heavy atom. The lowest BCUT2D eigenvalue weighted by molar-refractivity contribution is 0.131. The minimum Gasteiger partial charge on any atom is -0.497 e. The van der Waals surface area contributed by atoms with Crippen molar-refractivity contribution in [2.75, 3.05) is 32.7 Å². The lowest BCUT2D eigenvalue weighted by Gasteiger charge is -2.10. The van der Waals surface area contributed by atoms with Crippen molar-refractivity contribution in [1.82, 2.24) is 0 Å². The van der Waals surface area contributed by atoms with Gasteiger partial charge in [0.1, 0.15) is 11.5 Å². The van der Waals surface area contributed by atoms with E-state index in [9.17, 15) is 0 Å². The summed E-state index contributed by atoms with van der Waals surface area (Å²) >= 11 is 0. The Morgan fingerprint density at radius 1 is 1.25 bits per heavy atom.